The Kier molecular flexibility index (Phi) is 4.45. The van der Waals surface area contributed by atoms with Crippen molar-refractivity contribution in [3.05, 3.63) is 28.3 Å². The van der Waals surface area contributed by atoms with E-state index in [1.54, 1.807) is 6.92 Å². The number of rotatable bonds is 5. The van der Waals surface area contributed by atoms with Gasteiger partial charge in [0, 0.05) is 30.7 Å². The summed E-state index contributed by atoms with van der Waals surface area (Å²) >= 11 is 0. The summed E-state index contributed by atoms with van der Waals surface area (Å²) < 4.78 is 32.4. The smallest absolute Gasteiger partial charge is 0.270 e. The van der Waals surface area contributed by atoms with E-state index < -0.39 is 14.9 Å². The number of nitro groups is 1. The van der Waals surface area contributed by atoms with E-state index in [-0.39, 0.29) is 28.2 Å². The predicted octanol–water partition coefficient (Wildman–Crippen LogP) is 0.880. The molecule has 0 aliphatic carbocycles. The molecule has 0 spiro atoms. The summed E-state index contributed by atoms with van der Waals surface area (Å²) in [6.07, 6.45) is 0.772. The third kappa shape index (κ3) is 3.49. The first kappa shape index (κ1) is 15.7. The molecule has 0 amide bonds. The molecule has 8 nitrogen and oxygen atoms in total. The number of benzene rings is 1. The monoisotopic (exact) mass is 315 g/mol. The molecule has 1 aromatic rings. The molecule has 2 atom stereocenters. The average molecular weight is 315 g/mol. The van der Waals surface area contributed by atoms with Crippen LogP contribution in [0.1, 0.15) is 13.3 Å². The van der Waals surface area contributed by atoms with Gasteiger partial charge in [0.15, 0.2) is 0 Å². The van der Waals surface area contributed by atoms with Gasteiger partial charge in [-0.15, -0.1) is 0 Å². The largest absolute Gasteiger partial charge is 0.398 e. The molecular weight excluding hydrogens is 298 g/mol. The number of hydrogen-bond acceptors (Lipinski definition) is 6. The molecule has 1 aliphatic heterocycles. The van der Waals surface area contributed by atoms with Crippen molar-refractivity contribution in [2.24, 2.45) is 5.92 Å². The third-order valence-corrected chi connectivity index (χ3v) is 5.13. The van der Waals surface area contributed by atoms with Crippen molar-refractivity contribution in [1.82, 2.24) is 4.72 Å². The van der Waals surface area contributed by atoms with E-state index in [4.69, 9.17) is 10.5 Å². The van der Waals surface area contributed by atoms with Gasteiger partial charge in [-0.2, -0.15) is 0 Å². The highest BCUT2D eigenvalue weighted by Gasteiger charge is 2.28. The van der Waals surface area contributed by atoms with Gasteiger partial charge in [-0.25, -0.2) is 13.1 Å². The SMILES string of the molecule is CC(NS(=O)(=O)c1cc([N+](=O)[O-])ccc1N)C1CCOC1. The zero-order valence-corrected chi connectivity index (χ0v) is 12.3. The Hall–Kier alpha value is -1.71. The number of sulfonamides is 1. The van der Waals surface area contributed by atoms with E-state index in [9.17, 15) is 18.5 Å². The standard InChI is InChI=1S/C12H17N3O5S/c1-8(9-4-5-20-7-9)14-21(18,19)12-6-10(15(16)17)2-3-11(12)13/h2-3,6,8-9,14H,4-5,7,13H2,1H3. The van der Waals surface area contributed by atoms with Crippen molar-refractivity contribution >= 4 is 21.4 Å². The van der Waals surface area contributed by atoms with Gasteiger partial charge in [0.05, 0.1) is 17.2 Å². The lowest BCUT2D eigenvalue weighted by Gasteiger charge is -2.19. The highest BCUT2D eigenvalue weighted by molar-refractivity contribution is 7.89. The van der Waals surface area contributed by atoms with Gasteiger partial charge in [0.25, 0.3) is 5.69 Å². The number of hydrogen-bond donors (Lipinski definition) is 2. The van der Waals surface area contributed by atoms with Gasteiger partial charge in [-0.3, -0.25) is 10.1 Å². The summed E-state index contributed by atoms with van der Waals surface area (Å²) in [6.45, 7) is 2.84. The number of ether oxygens (including phenoxy) is 1. The minimum Gasteiger partial charge on any atom is -0.398 e. The molecule has 2 unspecified atom stereocenters. The second-order valence-corrected chi connectivity index (χ2v) is 6.70. The Morgan fingerprint density at radius 2 is 2.24 bits per heavy atom. The van der Waals surface area contributed by atoms with Crippen molar-refractivity contribution < 1.29 is 18.1 Å². The molecule has 116 valence electrons. The van der Waals surface area contributed by atoms with E-state index in [0.29, 0.717) is 13.2 Å². The first-order chi connectivity index (χ1) is 9.81. The molecule has 0 radical (unpaired) electrons. The molecule has 9 heteroatoms. The van der Waals surface area contributed by atoms with Gasteiger partial charge in [-0.1, -0.05) is 0 Å². The molecule has 0 aromatic heterocycles. The molecule has 0 saturated carbocycles. The quantitative estimate of drug-likeness (QED) is 0.472. The molecular formula is C12H17N3O5S. The van der Waals surface area contributed by atoms with Crippen molar-refractivity contribution in [3.63, 3.8) is 0 Å². The highest BCUT2D eigenvalue weighted by Crippen LogP contribution is 2.25. The van der Waals surface area contributed by atoms with Crippen LogP contribution in [0.3, 0.4) is 0 Å². The molecule has 1 fully saturated rings. The van der Waals surface area contributed by atoms with Crippen LogP contribution in [-0.2, 0) is 14.8 Å². The Morgan fingerprint density at radius 3 is 2.81 bits per heavy atom. The maximum Gasteiger partial charge on any atom is 0.270 e. The molecule has 1 heterocycles. The lowest BCUT2D eigenvalue weighted by molar-refractivity contribution is -0.385. The van der Waals surface area contributed by atoms with Gasteiger partial charge in [-0.05, 0) is 19.4 Å². The Morgan fingerprint density at radius 1 is 1.52 bits per heavy atom. The number of nitrogens with zero attached hydrogens (tertiary/aromatic N) is 1. The molecule has 1 saturated heterocycles. The normalized spacial score (nSPS) is 20.3. The van der Waals surface area contributed by atoms with Crippen LogP contribution in [0.5, 0.6) is 0 Å². The summed E-state index contributed by atoms with van der Waals surface area (Å²) in [7, 11) is -3.92. The first-order valence-corrected chi connectivity index (χ1v) is 7.93. The fraction of sp³-hybridized carbons (Fsp3) is 0.500. The second kappa shape index (κ2) is 5.96. The molecule has 3 N–H and O–H groups in total. The number of nitrogens with two attached hydrogens (primary N) is 1. The average Bonchev–Trinajstić information content (AvgIpc) is 2.92. The van der Waals surface area contributed by atoms with E-state index >= 15 is 0 Å². The molecule has 2 rings (SSSR count). The lowest BCUT2D eigenvalue weighted by Crippen LogP contribution is -2.38. The van der Waals surface area contributed by atoms with Gasteiger partial charge >= 0.3 is 0 Å². The van der Waals surface area contributed by atoms with Crippen LogP contribution in [0, 0.1) is 16.0 Å². The third-order valence-electron chi connectivity index (χ3n) is 3.51. The maximum atomic E-state index is 12.3. The maximum absolute atomic E-state index is 12.3. The summed E-state index contributed by atoms with van der Waals surface area (Å²) in [5.74, 6) is 0.0831. The topological polar surface area (TPSA) is 125 Å². The van der Waals surface area contributed by atoms with Crippen LogP contribution in [0.4, 0.5) is 11.4 Å². The molecule has 0 bridgehead atoms. The zero-order valence-electron chi connectivity index (χ0n) is 11.5. The van der Waals surface area contributed by atoms with E-state index in [0.717, 1.165) is 12.5 Å². The van der Waals surface area contributed by atoms with E-state index in [1.165, 1.54) is 12.1 Å². The fourth-order valence-corrected chi connectivity index (χ4v) is 3.68. The van der Waals surface area contributed by atoms with Crippen LogP contribution in [0.15, 0.2) is 23.1 Å². The van der Waals surface area contributed by atoms with E-state index in [1.807, 2.05) is 0 Å². The molecule has 1 aliphatic rings. The Bertz CT molecular complexity index is 640. The summed E-state index contributed by atoms with van der Waals surface area (Å²) in [5, 5.41) is 10.8. The predicted molar refractivity (Wildman–Crippen MR) is 76.2 cm³/mol. The minimum atomic E-state index is -3.92. The summed E-state index contributed by atoms with van der Waals surface area (Å²) in [6, 6.07) is 3.02. The number of nitrogen functional groups attached to an aromatic ring is 1. The zero-order chi connectivity index (χ0) is 15.6. The minimum absolute atomic E-state index is 0.0250. The molecule has 21 heavy (non-hydrogen) atoms. The number of anilines is 1. The number of nitrogens with one attached hydrogen (secondary N) is 1. The van der Waals surface area contributed by atoms with Crippen molar-refractivity contribution in [2.45, 2.75) is 24.3 Å². The van der Waals surface area contributed by atoms with Crippen molar-refractivity contribution in [1.29, 1.82) is 0 Å². The van der Waals surface area contributed by atoms with Crippen LogP contribution in [0.25, 0.3) is 0 Å². The van der Waals surface area contributed by atoms with Crippen LogP contribution in [0.2, 0.25) is 0 Å². The second-order valence-electron chi connectivity index (χ2n) is 5.01. The lowest BCUT2D eigenvalue weighted by atomic mass is 10.0. The van der Waals surface area contributed by atoms with Crippen LogP contribution in [-0.4, -0.2) is 32.6 Å². The van der Waals surface area contributed by atoms with E-state index in [2.05, 4.69) is 4.72 Å². The Balaban J connectivity index is 2.26. The van der Waals surface area contributed by atoms with Gasteiger partial charge < -0.3 is 10.5 Å². The van der Waals surface area contributed by atoms with Gasteiger partial charge in [0.2, 0.25) is 10.0 Å². The summed E-state index contributed by atoms with van der Waals surface area (Å²) in [4.78, 5) is 9.82. The van der Waals surface area contributed by atoms with Crippen LogP contribution >= 0.6 is 0 Å². The van der Waals surface area contributed by atoms with Crippen LogP contribution < -0.4 is 10.5 Å². The van der Waals surface area contributed by atoms with Crippen molar-refractivity contribution in [2.75, 3.05) is 18.9 Å². The Labute approximate surface area is 122 Å². The molecule has 1 aromatic carbocycles. The fourth-order valence-electron chi connectivity index (χ4n) is 2.22. The van der Waals surface area contributed by atoms with Crippen molar-refractivity contribution in [3.8, 4) is 0 Å². The summed E-state index contributed by atoms with van der Waals surface area (Å²) in [5.41, 5.74) is 5.30. The number of non-ortho nitro benzene ring substituents is 1. The highest BCUT2D eigenvalue weighted by atomic mass is 32.2. The first-order valence-electron chi connectivity index (χ1n) is 6.45. The van der Waals surface area contributed by atoms with Gasteiger partial charge in [0.1, 0.15) is 4.90 Å². The number of nitro benzene ring substituents is 1.